The molecule has 158 valence electrons. The molecule has 3 aliphatic rings. The maximum Gasteiger partial charge on any atom is 0.267 e. The highest BCUT2D eigenvalue weighted by Crippen LogP contribution is 2.31. The van der Waals surface area contributed by atoms with Crippen molar-refractivity contribution in [2.24, 2.45) is 0 Å². The van der Waals surface area contributed by atoms with Gasteiger partial charge in [0.05, 0.1) is 24.9 Å². The molecule has 0 spiro atoms. The van der Waals surface area contributed by atoms with Gasteiger partial charge in [-0.1, -0.05) is 12.1 Å². The third-order valence-electron chi connectivity index (χ3n) is 6.05. The molecular formula is C22H25N3O5. The fraction of sp³-hybridized carbons (Fsp3) is 0.500. The molecular weight excluding hydrogens is 386 g/mol. The molecule has 2 aliphatic heterocycles. The van der Waals surface area contributed by atoms with Crippen molar-refractivity contribution in [3.05, 3.63) is 51.9 Å². The second kappa shape index (κ2) is 8.10. The van der Waals surface area contributed by atoms with Crippen LogP contribution in [0.2, 0.25) is 0 Å². The smallest absolute Gasteiger partial charge is 0.267 e. The number of benzene rings is 1. The minimum atomic E-state index is -0.648. The molecule has 1 atom stereocenters. The molecule has 2 aromatic rings. The van der Waals surface area contributed by atoms with Crippen molar-refractivity contribution in [3.8, 4) is 11.5 Å². The lowest BCUT2D eigenvalue weighted by atomic mass is 9.91. The number of nitrogens with one attached hydrogen (secondary N) is 1. The Balaban J connectivity index is 1.18. The van der Waals surface area contributed by atoms with Gasteiger partial charge in [0.15, 0.2) is 11.5 Å². The molecule has 0 saturated heterocycles. The van der Waals surface area contributed by atoms with Crippen LogP contribution in [0, 0.1) is 0 Å². The molecule has 1 aliphatic carbocycles. The molecule has 30 heavy (non-hydrogen) atoms. The van der Waals surface area contributed by atoms with Crippen molar-refractivity contribution in [1.82, 2.24) is 15.1 Å². The fourth-order valence-electron chi connectivity index (χ4n) is 4.40. The summed E-state index contributed by atoms with van der Waals surface area (Å²) in [5.74, 6) is 1.10. The Morgan fingerprint density at radius 2 is 1.93 bits per heavy atom. The normalized spacial score (nSPS) is 25.3. The maximum absolute atomic E-state index is 12.6. The van der Waals surface area contributed by atoms with Gasteiger partial charge in [-0.3, -0.25) is 9.59 Å². The van der Waals surface area contributed by atoms with Gasteiger partial charge < -0.3 is 19.5 Å². The zero-order valence-corrected chi connectivity index (χ0v) is 16.7. The quantitative estimate of drug-likeness (QED) is 0.828. The van der Waals surface area contributed by atoms with E-state index in [0.29, 0.717) is 24.7 Å². The summed E-state index contributed by atoms with van der Waals surface area (Å²) in [6, 6.07) is 9.15. The van der Waals surface area contributed by atoms with Crippen molar-refractivity contribution in [2.45, 2.75) is 56.9 Å². The molecule has 1 unspecified atom stereocenters. The number of para-hydroxylation sites is 2. The van der Waals surface area contributed by atoms with Crippen LogP contribution in [0.25, 0.3) is 0 Å². The SMILES string of the molecule is O=C(NC1CCC(n2nc3c(cc2=O)COCC3)CC1)C1COc2ccccc2O1. The lowest BCUT2D eigenvalue weighted by Crippen LogP contribution is -2.48. The third kappa shape index (κ3) is 3.79. The molecule has 1 aromatic carbocycles. The van der Waals surface area contributed by atoms with Gasteiger partial charge in [-0.15, -0.1) is 0 Å². The number of aromatic nitrogens is 2. The summed E-state index contributed by atoms with van der Waals surface area (Å²) in [5, 5.41) is 7.71. The van der Waals surface area contributed by atoms with E-state index in [4.69, 9.17) is 14.2 Å². The van der Waals surface area contributed by atoms with Crippen molar-refractivity contribution < 1.29 is 19.0 Å². The second-order valence-electron chi connectivity index (χ2n) is 8.08. The van der Waals surface area contributed by atoms with Crippen molar-refractivity contribution >= 4 is 5.91 Å². The van der Waals surface area contributed by atoms with Gasteiger partial charge >= 0.3 is 0 Å². The number of rotatable bonds is 3. The number of carbonyl (C=O) groups excluding carboxylic acids is 1. The van der Waals surface area contributed by atoms with Crippen LogP contribution in [0.5, 0.6) is 11.5 Å². The average Bonchev–Trinajstić information content (AvgIpc) is 2.79. The Labute approximate surface area is 174 Å². The average molecular weight is 411 g/mol. The molecule has 0 radical (unpaired) electrons. The first-order chi connectivity index (χ1) is 14.7. The number of carbonyl (C=O) groups is 1. The Morgan fingerprint density at radius 3 is 2.77 bits per heavy atom. The van der Waals surface area contributed by atoms with Gasteiger partial charge in [-0.25, -0.2) is 4.68 Å². The first-order valence-electron chi connectivity index (χ1n) is 10.6. The highest BCUT2D eigenvalue weighted by atomic mass is 16.6. The molecule has 1 saturated carbocycles. The summed E-state index contributed by atoms with van der Waals surface area (Å²) in [7, 11) is 0. The summed E-state index contributed by atoms with van der Waals surface area (Å²) in [5.41, 5.74) is 1.80. The van der Waals surface area contributed by atoms with E-state index in [9.17, 15) is 9.59 Å². The first kappa shape index (κ1) is 19.1. The number of ether oxygens (including phenoxy) is 3. The summed E-state index contributed by atoms with van der Waals surface area (Å²) in [6.07, 6.45) is 3.30. The largest absolute Gasteiger partial charge is 0.485 e. The molecule has 3 heterocycles. The van der Waals surface area contributed by atoms with Crippen LogP contribution in [0.1, 0.15) is 43.0 Å². The highest BCUT2D eigenvalue weighted by molar-refractivity contribution is 5.82. The van der Waals surface area contributed by atoms with E-state index in [1.807, 2.05) is 18.2 Å². The highest BCUT2D eigenvalue weighted by Gasteiger charge is 2.31. The summed E-state index contributed by atoms with van der Waals surface area (Å²) >= 11 is 0. The Bertz CT molecular complexity index is 997. The Hall–Kier alpha value is -2.87. The zero-order valence-electron chi connectivity index (χ0n) is 16.7. The van der Waals surface area contributed by atoms with Gasteiger partial charge in [-0.05, 0) is 37.8 Å². The van der Waals surface area contributed by atoms with E-state index in [2.05, 4.69) is 10.4 Å². The maximum atomic E-state index is 12.6. The summed E-state index contributed by atoms with van der Waals surface area (Å²) in [6.45, 7) is 1.32. The molecule has 1 amide bonds. The van der Waals surface area contributed by atoms with Gasteiger partial charge in [0.25, 0.3) is 11.5 Å². The van der Waals surface area contributed by atoms with E-state index >= 15 is 0 Å². The molecule has 5 rings (SSSR count). The van der Waals surface area contributed by atoms with E-state index in [1.165, 1.54) is 0 Å². The summed E-state index contributed by atoms with van der Waals surface area (Å²) < 4.78 is 18.5. The number of fused-ring (bicyclic) bond motifs is 2. The molecule has 1 fully saturated rings. The topological polar surface area (TPSA) is 91.7 Å². The number of nitrogens with zero attached hydrogens (tertiary/aromatic N) is 2. The van der Waals surface area contributed by atoms with Gasteiger partial charge in [0, 0.05) is 24.1 Å². The third-order valence-corrected chi connectivity index (χ3v) is 6.05. The lowest BCUT2D eigenvalue weighted by molar-refractivity contribution is -0.131. The van der Waals surface area contributed by atoms with Crippen LogP contribution in [0.3, 0.4) is 0 Å². The molecule has 1 aromatic heterocycles. The first-order valence-corrected chi connectivity index (χ1v) is 10.6. The predicted octanol–water partition coefficient (Wildman–Crippen LogP) is 1.76. The van der Waals surface area contributed by atoms with Gasteiger partial charge in [0.2, 0.25) is 6.10 Å². The molecule has 1 N–H and O–H groups in total. The Morgan fingerprint density at radius 1 is 1.13 bits per heavy atom. The van der Waals surface area contributed by atoms with Crippen molar-refractivity contribution in [1.29, 1.82) is 0 Å². The standard InChI is InChI=1S/C22H25N3O5/c26-21-11-14-12-28-10-9-17(14)24-25(21)16-7-5-15(6-8-16)23-22(27)20-13-29-18-3-1-2-4-19(18)30-20/h1-4,11,15-16,20H,5-10,12-13H2,(H,23,27). The van der Waals surface area contributed by atoms with Gasteiger partial charge in [0.1, 0.15) is 6.61 Å². The molecule has 8 nitrogen and oxygen atoms in total. The number of amides is 1. The van der Waals surface area contributed by atoms with E-state index in [0.717, 1.165) is 43.4 Å². The van der Waals surface area contributed by atoms with E-state index in [1.54, 1.807) is 16.8 Å². The Kier molecular flexibility index (Phi) is 5.16. The van der Waals surface area contributed by atoms with Crippen LogP contribution in [-0.2, 0) is 22.6 Å². The second-order valence-corrected chi connectivity index (χ2v) is 8.08. The monoisotopic (exact) mass is 411 g/mol. The van der Waals surface area contributed by atoms with Crippen LogP contribution < -0.4 is 20.3 Å². The van der Waals surface area contributed by atoms with Crippen molar-refractivity contribution in [2.75, 3.05) is 13.2 Å². The zero-order chi connectivity index (χ0) is 20.5. The number of hydrogen-bond acceptors (Lipinski definition) is 6. The predicted molar refractivity (Wildman–Crippen MR) is 108 cm³/mol. The van der Waals surface area contributed by atoms with Crippen LogP contribution in [0.4, 0.5) is 0 Å². The fourth-order valence-corrected chi connectivity index (χ4v) is 4.40. The number of hydrogen-bond donors (Lipinski definition) is 1. The summed E-state index contributed by atoms with van der Waals surface area (Å²) in [4.78, 5) is 25.1. The lowest BCUT2D eigenvalue weighted by Gasteiger charge is -2.32. The van der Waals surface area contributed by atoms with Crippen LogP contribution in [-0.4, -0.2) is 41.0 Å². The van der Waals surface area contributed by atoms with E-state index < -0.39 is 6.10 Å². The molecule has 8 heteroatoms. The minimum absolute atomic E-state index is 0.0660. The molecule has 0 bridgehead atoms. The van der Waals surface area contributed by atoms with Crippen LogP contribution >= 0.6 is 0 Å². The minimum Gasteiger partial charge on any atom is -0.485 e. The van der Waals surface area contributed by atoms with Gasteiger partial charge in [-0.2, -0.15) is 5.10 Å². The van der Waals surface area contributed by atoms with E-state index in [-0.39, 0.29) is 30.2 Å². The van der Waals surface area contributed by atoms with Crippen LogP contribution in [0.15, 0.2) is 35.1 Å². The van der Waals surface area contributed by atoms with Crippen molar-refractivity contribution in [3.63, 3.8) is 0 Å².